The fraction of sp³-hybridized carbons (Fsp3) is 0.538. The van der Waals surface area contributed by atoms with Crippen LogP contribution in [0.15, 0.2) is 6.07 Å². The Hall–Kier alpha value is -0.930. The number of hydrogen-bond acceptors (Lipinski definition) is 3. The molecule has 1 aliphatic heterocycles. The van der Waals surface area contributed by atoms with Gasteiger partial charge in [-0.25, -0.2) is 0 Å². The molecule has 94 valence electrons. The lowest BCUT2D eigenvalue weighted by Gasteiger charge is -2.22. The van der Waals surface area contributed by atoms with Crippen molar-refractivity contribution in [2.45, 2.75) is 26.2 Å². The second-order valence-electron chi connectivity index (χ2n) is 4.24. The average Bonchev–Trinajstić information content (AvgIpc) is 2.35. The molecule has 0 radical (unpaired) electrons. The number of rotatable bonds is 4. The number of halogens is 1. The third-order valence-electron chi connectivity index (χ3n) is 3.03. The first kappa shape index (κ1) is 12.5. The van der Waals surface area contributed by atoms with Gasteiger partial charge in [0.1, 0.15) is 13.2 Å². The number of fused-ring (bicyclic) bond motifs is 1. The second-order valence-corrected chi connectivity index (χ2v) is 4.62. The minimum Gasteiger partial charge on any atom is -0.486 e. The van der Waals surface area contributed by atoms with Gasteiger partial charge in [-0.3, -0.25) is 0 Å². The molecule has 3 nitrogen and oxygen atoms in total. The predicted octanol–water partition coefficient (Wildman–Crippen LogP) is 2.70. The van der Waals surface area contributed by atoms with Crippen molar-refractivity contribution >= 4 is 11.6 Å². The molecule has 2 rings (SSSR count). The minimum absolute atomic E-state index is 0.568. The van der Waals surface area contributed by atoms with Crippen molar-refractivity contribution in [2.24, 2.45) is 5.73 Å². The van der Waals surface area contributed by atoms with E-state index < -0.39 is 0 Å². The summed E-state index contributed by atoms with van der Waals surface area (Å²) >= 11 is 6.30. The van der Waals surface area contributed by atoms with Crippen LogP contribution in [0.1, 0.15) is 24.0 Å². The van der Waals surface area contributed by atoms with E-state index >= 15 is 0 Å². The van der Waals surface area contributed by atoms with Gasteiger partial charge < -0.3 is 15.2 Å². The highest BCUT2D eigenvalue weighted by molar-refractivity contribution is 6.33. The molecule has 1 aliphatic rings. The maximum absolute atomic E-state index is 6.30. The third-order valence-corrected chi connectivity index (χ3v) is 3.48. The topological polar surface area (TPSA) is 44.5 Å². The summed E-state index contributed by atoms with van der Waals surface area (Å²) in [7, 11) is 0. The predicted molar refractivity (Wildman–Crippen MR) is 69.2 cm³/mol. The molecule has 0 spiro atoms. The molecule has 0 saturated heterocycles. The van der Waals surface area contributed by atoms with Crippen molar-refractivity contribution in [1.82, 2.24) is 0 Å². The zero-order chi connectivity index (χ0) is 12.3. The fourth-order valence-electron chi connectivity index (χ4n) is 2.01. The molecule has 0 fully saturated rings. The molecular weight excluding hydrogens is 238 g/mol. The molecule has 1 heterocycles. The number of unbranched alkanes of at least 4 members (excludes halogenated alkanes) is 1. The quantitative estimate of drug-likeness (QED) is 0.842. The summed E-state index contributed by atoms with van der Waals surface area (Å²) in [5.74, 6) is 1.47. The molecule has 0 bridgehead atoms. The Morgan fingerprint density at radius 3 is 2.82 bits per heavy atom. The highest BCUT2D eigenvalue weighted by atomic mass is 35.5. The number of benzene rings is 1. The van der Waals surface area contributed by atoms with Crippen LogP contribution >= 0.6 is 11.6 Å². The van der Waals surface area contributed by atoms with Crippen molar-refractivity contribution in [3.05, 3.63) is 22.2 Å². The molecule has 0 unspecified atom stereocenters. The molecule has 0 aromatic heterocycles. The summed E-state index contributed by atoms with van der Waals surface area (Å²) in [5, 5.41) is 0.685. The number of aryl methyl sites for hydroxylation is 1. The van der Waals surface area contributed by atoms with Crippen molar-refractivity contribution in [1.29, 1.82) is 0 Å². The highest BCUT2D eigenvalue weighted by Gasteiger charge is 2.19. The number of ether oxygens (including phenoxy) is 2. The SMILES string of the molecule is Cc1c(CCCCN)cc2c(c1Cl)OCCO2. The first-order valence-corrected chi connectivity index (χ1v) is 6.39. The summed E-state index contributed by atoms with van der Waals surface area (Å²) in [4.78, 5) is 0. The molecule has 1 aromatic rings. The Kier molecular flexibility index (Phi) is 4.13. The van der Waals surface area contributed by atoms with Crippen LogP contribution in [0.3, 0.4) is 0 Å². The van der Waals surface area contributed by atoms with Crippen molar-refractivity contribution < 1.29 is 9.47 Å². The van der Waals surface area contributed by atoms with Gasteiger partial charge in [0.25, 0.3) is 0 Å². The van der Waals surface area contributed by atoms with Gasteiger partial charge in [-0.2, -0.15) is 0 Å². The van der Waals surface area contributed by atoms with Crippen LogP contribution in [0, 0.1) is 6.92 Å². The van der Waals surface area contributed by atoms with E-state index in [-0.39, 0.29) is 0 Å². The third kappa shape index (κ3) is 2.67. The van der Waals surface area contributed by atoms with Crippen LogP contribution in [0.5, 0.6) is 11.5 Å². The lowest BCUT2D eigenvalue weighted by molar-refractivity contribution is 0.171. The standard InChI is InChI=1S/C13H18ClNO2/c1-9-10(4-2-3-5-15)8-11-13(12(9)14)17-7-6-16-11/h8H,2-7,15H2,1H3. The van der Waals surface area contributed by atoms with Crippen molar-refractivity contribution in [2.75, 3.05) is 19.8 Å². The second kappa shape index (κ2) is 5.61. The Morgan fingerprint density at radius 1 is 1.29 bits per heavy atom. The van der Waals surface area contributed by atoms with E-state index in [1.807, 2.05) is 13.0 Å². The molecular formula is C13H18ClNO2. The van der Waals surface area contributed by atoms with Gasteiger partial charge >= 0.3 is 0 Å². The van der Waals surface area contributed by atoms with E-state index in [0.717, 1.165) is 37.1 Å². The van der Waals surface area contributed by atoms with Gasteiger partial charge in [0, 0.05) is 0 Å². The van der Waals surface area contributed by atoms with Gasteiger partial charge in [-0.15, -0.1) is 0 Å². The lowest BCUT2D eigenvalue weighted by atomic mass is 10.0. The van der Waals surface area contributed by atoms with Gasteiger partial charge in [0.2, 0.25) is 0 Å². The maximum Gasteiger partial charge on any atom is 0.180 e. The number of hydrogen-bond donors (Lipinski definition) is 1. The van der Waals surface area contributed by atoms with E-state index in [1.165, 1.54) is 5.56 Å². The average molecular weight is 256 g/mol. The molecule has 1 aromatic carbocycles. The minimum atomic E-state index is 0.568. The highest BCUT2D eigenvalue weighted by Crippen LogP contribution is 2.41. The summed E-state index contributed by atoms with van der Waals surface area (Å²) < 4.78 is 11.1. The Bertz CT molecular complexity index is 407. The Balaban J connectivity index is 2.24. The van der Waals surface area contributed by atoms with E-state index in [4.69, 9.17) is 26.8 Å². The van der Waals surface area contributed by atoms with E-state index in [2.05, 4.69) is 0 Å². The zero-order valence-corrected chi connectivity index (χ0v) is 10.8. The molecule has 0 amide bonds. The molecule has 0 atom stereocenters. The molecule has 2 N–H and O–H groups in total. The summed E-state index contributed by atoms with van der Waals surface area (Å²) in [6.07, 6.45) is 3.10. The van der Waals surface area contributed by atoms with Crippen LogP contribution in [0.4, 0.5) is 0 Å². The zero-order valence-electron chi connectivity index (χ0n) is 10.1. The largest absolute Gasteiger partial charge is 0.486 e. The first-order chi connectivity index (χ1) is 8.24. The van der Waals surface area contributed by atoms with Crippen molar-refractivity contribution in [3.63, 3.8) is 0 Å². The Morgan fingerprint density at radius 2 is 2.06 bits per heavy atom. The maximum atomic E-state index is 6.30. The van der Waals surface area contributed by atoms with E-state index in [0.29, 0.717) is 24.0 Å². The molecule has 0 saturated carbocycles. The van der Waals surface area contributed by atoms with Crippen LogP contribution in [-0.4, -0.2) is 19.8 Å². The summed E-state index contributed by atoms with van der Waals surface area (Å²) in [6, 6.07) is 2.05. The van der Waals surface area contributed by atoms with Crippen LogP contribution < -0.4 is 15.2 Å². The molecule has 17 heavy (non-hydrogen) atoms. The molecule has 4 heteroatoms. The van der Waals surface area contributed by atoms with Gasteiger partial charge in [0.05, 0.1) is 5.02 Å². The monoisotopic (exact) mass is 255 g/mol. The smallest absolute Gasteiger partial charge is 0.180 e. The van der Waals surface area contributed by atoms with E-state index in [1.54, 1.807) is 0 Å². The van der Waals surface area contributed by atoms with Gasteiger partial charge in [-0.1, -0.05) is 11.6 Å². The Labute approximate surface area is 107 Å². The normalized spacial score (nSPS) is 13.8. The van der Waals surface area contributed by atoms with E-state index in [9.17, 15) is 0 Å². The van der Waals surface area contributed by atoms with Crippen molar-refractivity contribution in [3.8, 4) is 11.5 Å². The first-order valence-electron chi connectivity index (χ1n) is 6.01. The summed E-state index contributed by atoms with van der Waals surface area (Å²) in [6.45, 7) is 3.92. The van der Waals surface area contributed by atoms with Crippen LogP contribution in [0.25, 0.3) is 0 Å². The van der Waals surface area contributed by atoms with Gasteiger partial charge in [0.15, 0.2) is 11.5 Å². The lowest BCUT2D eigenvalue weighted by Crippen LogP contribution is -2.16. The summed E-state index contributed by atoms with van der Waals surface area (Å²) in [5.41, 5.74) is 7.82. The number of nitrogens with two attached hydrogens (primary N) is 1. The molecule has 0 aliphatic carbocycles. The fourth-order valence-corrected chi connectivity index (χ4v) is 2.28. The van der Waals surface area contributed by atoms with Crippen LogP contribution in [0.2, 0.25) is 5.02 Å². The van der Waals surface area contributed by atoms with Crippen LogP contribution in [-0.2, 0) is 6.42 Å². The van der Waals surface area contributed by atoms with Gasteiger partial charge in [-0.05, 0) is 49.9 Å².